The lowest BCUT2D eigenvalue weighted by molar-refractivity contribution is 0.601. The maximum atomic E-state index is 12.6. The molecule has 0 atom stereocenters. The molecule has 0 spiro atoms. The number of sulfonamides is 1. The molecule has 1 aromatic heterocycles. The van der Waals surface area contributed by atoms with Gasteiger partial charge < -0.3 is 0 Å². The number of aromatic nitrogens is 1. The molecule has 0 bridgehead atoms. The lowest BCUT2D eigenvalue weighted by Gasteiger charge is -2.11. The van der Waals surface area contributed by atoms with E-state index in [0.29, 0.717) is 11.6 Å². The minimum atomic E-state index is -3.63. The average Bonchev–Trinajstić information content (AvgIpc) is 2.55. The van der Waals surface area contributed by atoms with E-state index in [2.05, 4.69) is 23.6 Å². The minimum Gasteiger partial charge on any atom is -0.279 e. The van der Waals surface area contributed by atoms with Gasteiger partial charge in [0.25, 0.3) is 10.0 Å². The smallest absolute Gasteiger partial charge is 0.261 e. The number of benzene rings is 2. The number of pyridine rings is 1. The van der Waals surface area contributed by atoms with Crippen molar-refractivity contribution in [2.24, 2.45) is 0 Å². The van der Waals surface area contributed by atoms with Gasteiger partial charge in [-0.1, -0.05) is 32.0 Å². The van der Waals surface area contributed by atoms with Crippen molar-refractivity contribution in [3.05, 3.63) is 66.4 Å². The molecule has 0 saturated heterocycles. The largest absolute Gasteiger partial charge is 0.279 e. The van der Waals surface area contributed by atoms with Crippen LogP contribution in [0.2, 0.25) is 0 Å². The summed E-state index contributed by atoms with van der Waals surface area (Å²) in [6.45, 7) is 4.15. The second kappa shape index (κ2) is 6.01. The van der Waals surface area contributed by atoms with E-state index in [-0.39, 0.29) is 4.90 Å². The molecule has 0 unspecified atom stereocenters. The number of rotatable bonds is 4. The van der Waals surface area contributed by atoms with Crippen LogP contribution in [0.25, 0.3) is 10.9 Å². The topological polar surface area (TPSA) is 59.1 Å². The summed E-state index contributed by atoms with van der Waals surface area (Å²) in [6.07, 6.45) is 1.69. The lowest BCUT2D eigenvalue weighted by Crippen LogP contribution is -2.13. The van der Waals surface area contributed by atoms with Crippen molar-refractivity contribution in [3.8, 4) is 0 Å². The first-order chi connectivity index (χ1) is 11.0. The van der Waals surface area contributed by atoms with E-state index in [9.17, 15) is 8.42 Å². The Morgan fingerprint density at radius 3 is 2.39 bits per heavy atom. The van der Waals surface area contributed by atoms with Crippen LogP contribution in [0.3, 0.4) is 0 Å². The molecule has 2 aromatic carbocycles. The predicted octanol–water partition coefficient (Wildman–Crippen LogP) is 4.16. The van der Waals surface area contributed by atoms with Gasteiger partial charge in [0.2, 0.25) is 0 Å². The van der Waals surface area contributed by atoms with Crippen LogP contribution >= 0.6 is 0 Å². The summed E-state index contributed by atoms with van der Waals surface area (Å²) < 4.78 is 27.8. The Labute approximate surface area is 136 Å². The van der Waals surface area contributed by atoms with Gasteiger partial charge in [-0.15, -0.1) is 0 Å². The van der Waals surface area contributed by atoms with Gasteiger partial charge in [-0.05, 0) is 47.9 Å². The molecule has 0 aliphatic carbocycles. The van der Waals surface area contributed by atoms with Crippen molar-refractivity contribution in [1.29, 1.82) is 0 Å². The Bertz CT molecular complexity index is 927. The maximum Gasteiger partial charge on any atom is 0.261 e. The molecular weight excluding hydrogens is 308 g/mol. The SMILES string of the molecule is CC(C)c1ccc(S(=O)(=O)Nc2cccc3ncccc23)cc1. The number of anilines is 1. The third kappa shape index (κ3) is 3.19. The fourth-order valence-corrected chi connectivity index (χ4v) is 3.51. The van der Waals surface area contributed by atoms with Crippen LogP contribution in [0.4, 0.5) is 5.69 Å². The molecule has 3 rings (SSSR count). The fourth-order valence-electron chi connectivity index (χ4n) is 2.43. The molecule has 23 heavy (non-hydrogen) atoms. The molecule has 1 heterocycles. The Balaban J connectivity index is 1.97. The second-order valence-corrected chi connectivity index (χ2v) is 7.39. The standard InChI is InChI=1S/C18H18N2O2S/c1-13(2)14-8-10-15(11-9-14)23(21,22)20-18-7-3-6-17-16(18)5-4-12-19-17/h3-13,20H,1-2H3. The normalized spacial score (nSPS) is 11.8. The van der Waals surface area contributed by atoms with Crippen LogP contribution in [0, 0.1) is 0 Å². The predicted molar refractivity (Wildman–Crippen MR) is 93.1 cm³/mol. The van der Waals surface area contributed by atoms with Gasteiger partial charge >= 0.3 is 0 Å². The molecule has 0 saturated carbocycles. The minimum absolute atomic E-state index is 0.253. The molecule has 3 aromatic rings. The van der Waals surface area contributed by atoms with Crippen LogP contribution < -0.4 is 4.72 Å². The van der Waals surface area contributed by atoms with Gasteiger partial charge in [0.1, 0.15) is 0 Å². The summed E-state index contributed by atoms with van der Waals surface area (Å²) in [7, 11) is -3.63. The van der Waals surface area contributed by atoms with Crippen LogP contribution in [0.5, 0.6) is 0 Å². The van der Waals surface area contributed by atoms with Crippen molar-refractivity contribution < 1.29 is 8.42 Å². The number of nitrogens with zero attached hydrogens (tertiary/aromatic N) is 1. The highest BCUT2D eigenvalue weighted by atomic mass is 32.2. The fraction of sp³-hybridized carbons (Fsp3) is 0.167. The molecule has 0 aliphatic heterocycles. The van der Waals surface area contributed by atoms with Crippen molar-refractivity contribution >= 4 is 26.6 Å². The van der Waals surface area contributed by atoms with Crippen LogP contribution in [0.15, 0.2) is 65.7 Å². The first kappa shape index (κ1) is 15.5. The highest BCUT2D eigenvalue weighted by Gasteiger charge is 2.15. The molecule has 0 aliphatic rings. The third-order valence-corrected chi connectivity index (χ3v) is 5.13. The Morgan fingerprint density at radius 1 is 0.957 bits per heavy atom. The van der Waals surface area contributed by atoms with E-state index >= 15 is 0 Å². The van der Waals surface area contributed by atoms with Crippen molar-refractivity contribution in [2.75, 3.05) is 4.72 Å². The summed E-state index contributed by atoms with van der Waals surface area (Å²) in [5.74, 6) is 0.365. The van der Waals surface area contributed by atoms with E-state index in [0.717, 1.165) is 16.5 Å². The number of nitrogens with one attached hydrogen (secondary N) is 1. The third-order valence-electron chi connectivity index (χ3n) is 3.75. The lowest BCUT2D eigenvalue weighted by atomic mass is 10.0. The molecular formula is C18H18N2O2S. The van der Waals surface area contributed by atoms with Gasteiger partial charge in [0.15, 0.2) is 0 Å². The summed E-state index contributed by atoms with van der Waals surface area (Å²) in [6, 6.07) is 16.0. The second-order valence-electron chi connectivity index (χ2n) is 5.70. The number of hydrogen-bond donors (Lipinski definition) is 1. The van der Waals surface area contributed by atoms with Gasteiger partial charge in [-0.2, -0.15) is 0 Å². The van der Waals surface area contributed by atoms with Crippen LogP contribution in [0.1, 0.15) is 25.3 Å². The van der Waals surface area contributed by atoms with E-state index in [1.54, 1.807) is 36.5 Å². The highest BCUT2D eigenvalue weighted by molar-refractivity contribution is 7.92. The monoisotopic (exact) mass is 326 g/mol. The number of fused-ring (bicyclic) bond motifs is 1. The molecule has 0 fully saturated rings. The summed E-state index contributed by atoms with van der Waals surface area (Å²) in [4.78, 5) is 4.49. The number of hydrogen-bond acceptors (Lipinski definition) is 3. The molecule has 118 valence electrons. The highest BCUT2D eigenvalue weighted by Crippen LogP contribution is 2.25. The zero-order chi connectivity index (χ0) is 16.4. The molecule has 0 radical (unpaired) electrons. The zero-order valence-electron chi connectivity index (χ0n) is 13.0. The zero-order valence-corrected chi connectivity index (χ0v) is 13.8. The Kier molecular flexibility index (Phi) is 4.05. The van der Waals surface area contributed by atoms with Crippen LogP contribution in [-0.2, 0) is 10.0 Å². The molecule has 5 heteroatoms. The van der Waals surface area contributed by atoms with Gasteiger partial charge in [-0.3, -0.25) is 9.71 Å². The molecule has 1 N–H and O–H groups in total. The van der Waals surface area contributed by atoms with Gasteiger partial charge in [-0.25, -0.2) is 8.42 Å². The Morgan fingerprint density at radius 2 is 1.70 bits per heavy atom. The van der Waals surface area contributed by atoms with E-state index in [1.165, 1.54) is 0 Å². The van der Waals surface area contributed by atoms with E-state index < -0.39 is 10.0 Å². The van der Waals surface area contributed by atoms with E-state index in [1.807, 2.05) is 24.3 Å². The summed E-state index contributed by atoms with van der Waals surface area (Å²) in [5.41, 5.74) is 2.39. The summed E-state index contributed by atoms with van der Waals surface area (Å²) >= 11 is 0. The van der Waals surface area contributed by atoms with Gasteiger partial charge in [0.05, 0.1) is 16.1 Å². The first-order valence-corrected chi connectivity index (χ1v) is 8.92. The van der Waals surface area contributed by atoms with Crippen molar-refractivity contribution in [2.45, 2.75) is 24.7 Å². The van der Waals surface area contributed by atoms with Crippen molar-refractivity contribution in [1.82, 2.24) is 4.98 Å². The van der Waals surface area contributed by atoms with Crippen LogP contribution in [-0.4, -0.2) is 13.4 Å². The molecule has 0 amide bonds. The summed E-state index contributed by atoms with van der Waals surface area (Å²) in [5, 5.41) is 0.775. The first-order valence-electron chi connectivity index (χ1n) is 7.44. The Hall–Kier alpha value is -2.40. The van der Waals surface area contributed by atoms with Crippen molar-refractivity contribution in [3.63, 3.8) is 0 Å². The molecule has 4 nitrogen and oxygen atoms in total. The quantitative estimate of drug-likeness (QED) is 0.783. The average molecular weight is 326 g/mol. The van der Waals surface area contributed by atoms with E-state index in [4.69, 9.17) is 0 Å². The van der Waals surface area contributed by atoms with Gasteiger partial charge in [0, 0.05) is 11.6 Å². The maximum absolute atomic E-state index is 12.6.